The van der Waals surface area contributed by atoms with Gasteiger partial charge in [-0.2, -0.15) is 0 Å². The Labute approximate surface area is 56.6 Å². The van der Waals surface area contributed by atoms with Gasteiger partial charge in [-0.3, -0.25) is 5.26 Å². The van der Waals surface area contributed by atoms with Crippen molar-refractivity contribution in [3.63, 3.8) is 0 Å². The van der Waals surface area contributed by atoms with Crippen LogP contribution < -0.4 is 0 Å². The van der Waals surface area contributed by atoms with Crippen LogP contribution in [0.5, 0.6) is 0 Å². The third kappa shape index (κ3) is 8.84. The van der Waals surface area contributed by atoms with Crippen molar-refractivity contribution >= 4 is 0 Å². The predicted molar refractivity (Wildman–Crippen MR) is 18.8 cm³/mol. The van der Waals surface area contributed by atoms with E-state index in [1.807, 2.05) is 0 Å². The molecule has 0 amide bonds. The standard InChI is InChI=1S/C3H8O2.Zr/c1-3(2)5-4;/h3-4H,1-2H3;. The molecule has 2 nitrogen and oxygen atoms in total. The summed E-state index contributed by atoms with van der Waals surface area (Å²) in [5.74, 6) is 0. The summed E-state index contributed by atoms with van der Waals surface area (Å²) >= 11 is 0. The molecule has 6 heavy (non-hydrogen) atoms. The average Bonchev–Trinajstić information content (AvgIpc) is 1.38. The largest absolute Gasteiger partial charge is 0.252 e. The summed E-state index contributed by atoms with van der Waals surface area (Å²) in [6, 6.07) is 0. The quantitative estimate of drug-likeness (QED) is 0.464. The SMILES string of the molecule is CC(C)OO.[Zr]. The molecule has 0 saturated carbocycles. The van der Waals surface area contributed by atoms with Gasteiger partial charge in [0.15, 0.2) is 0 Å². The average molecular weight is 167 g/mol. The first-order chi connectivity index (χ1) is 2.27. The van der Waals surface area contributed by atoms with Gasteiger partial charge in [0.05, 0.1) is 6.10 Å². The van der Waals surface area contributed by atoms with Crippen LogP contribution in [0.3, 0.4) is 0 Å². The van der Waals surface area contributed by atoms with Crippen molar-refractivity contribution in [1.29, 1.82) is 0 Å². The number of hydrogen-bond acceptors (Lipinski definition) is 2. The molecule has 0 rings (SSSR count). The maximum atomic E-state index is 7.64. The zero-order valence-electron chi connectivity index (χ0n) is 3.93. The summed E-state index contributed by atoms with van der Waals surface area (Å²) in [5, 5.41) is 7.64. The van der Waals surface area contributed by atoms with E-state index in [1.54, 1.807) is 13.8 Å². The molecular formula is C3H8O2Zr. The first kappa shape index (κ1) is 9.93. The van der Waals surface area contributed by atoms with Crippen molar-refractivity contribution in [2.24, 2.45) is 0 Å². The van der Waals surface area contributed by atoms with Crippen molar-refractivity contribution in [2.75, 3.05) is 0 Å². The molecule has 0 bridgehead atoms. The van der Waals surface area contributed by atoms with E-state index in [0.29, 0.717) is 0 Å². The van der Waals surface area contributed by atoms with Gasteiger partial charge in [0.2, 0.25) is 0 Å². The minimum absolute atomic E-state index is 0. The minimum atomic E-state index is -0.0602. The molecule has 3 heteroatoms. The van der Waals surface area contributed by atoms with Crippen LogP contribution >= 0.6 is 0 Å². The summed E-state index contributed by atoms with van der Waals surface area (Å²) in [6.07, 6.45) is -0.0602. The summed E-state index contributed by atoms with van der Waals surface area (Å²) in [6.45, 7) is 3.50. The molecule has 0 aromatic carbocycles. The molecule has 0 radical (unpaired) electrons. The van der Waals surface area contributed by atoms with Gasteiger partial charge in [0.1, 0.15) is 0 Å². The Morgan fingerprint density at radius 3 is 1.67 bits per heavy atom. The molecule has 0 saturated heterocycles. The van der Waals surface area contributed by atoms with E-state index in [-0.39, 0.29) is 32.3 Å². The Balaban J connectivity index is 0. The van der Waals surface area contributed by atoms with E-state index in [9.17, 15) is 0 Å². The van der Waals surface area contributed by atoms with Crippen LogP contribution in [0.25, 0.3) is 0 Å². The topological polar surface area (TPSA) is 29.5 Å². The van der Waals surface area contributed by atoms with Crippen LogP contribution in [0.15, 0.2) is 0 Å². The summed E-state index contributed by atoms with van der Waals surface area (Å²) in [7, 11) is 0. The smallest absolute Gasteiger partial charge is 0.0871 e. The second-order valence-corrected chi connectivity index (χ2v) is 1.15. The monoisotopic (exact) mass is 166 g/mol. The van der Waals surface area contributed by atoms with Crippen molar-refractivity contribution < 1.29 is 36.3 Å². The van der Waals surface area contributed by atoms with Gasteiger partial charge in [-0.1, -0.05) is 0 Å². The fourth-order valence-corrected chi connectivity index (χ4v) is 0. The molecule has 0 spiro atoms. The third-order valence-electron chi connectivity index (χ3n) is 0.211. The molecule has 0 atom stereocenters. The first-order valence-corrected chi connectivity index (χ1v) is 1.57. The van der Waals surface area contributed by atoms with Gasteiger partial charge in [-0.25, -0.2) is 4.89 Å². The Kier molecular flexibility index (Phi) is 9.60. The second kappa shape index (κ2) is 5.80. The molecule has 0 unspecified atom stereocenters. The van der Waals surface area contributed by atoms with Crippen LogP contribution in [0, 0.1) is 0 Å². The molecule has 0 heterocycles. The molecular weight excluding hydrogens is 159 g/mol. The summed E-state index contributed by atoms with van der Waals surface area (Å²) in [5.41, 5.74) is 0. The van der Waals surface area contributed by atoms with E-state index in [1.165, 1.54) is 0 Å². The minimum Gasteiger partial charge on any atom is -0.252 e. The zero-order valence-corrected chi connectivity index (χ0v) is 6.39. The van der Waals surface area contributed by atoms with Crippen LogP contribution in [-0.2, 0) is 31.1 Å². The zero-order chi connectivity index (χ0) is 4.28. The number of hydrogen-bond donors (Lipinski definition) is 1. The first-order valence-electron chi connectivity index (χ1n) is 1.57. The Morgan fingerprint density at radius 2 is 1.67 bits per heavy atom. The molecule has 1 N–H and O–H groups in total. The van der Waals surface area contributed by atoms with Gasteiger partial charge in [0, 0.05) is 26.2 Å². The van der Waals surface area contributed by atoms with Crippen molar-refractivity contribution in [3.05, 3.63) is 0 Å². The third-order valence-corrected chi connectivity index (χ3v) is 0.211. The van der Waals surface area contributed by atoms with E-state index < -0.39 is 0 Å². The van der Waals surface area contributed by atoms with Crippen molar-refractivity contribution in [1.82, 2.24) is 0 Å². The molecule has 0 aliphatic heterocycles. The van der Waals surface area contributed by atoms with Crippen LogP contribution in [0.1, 0.15) is 13.8 Å². The van der Waals surface area contributed by atoms with Gasteiger partial charge in [-0.05, 0) is 13.8 Å². The molecule has 0 aliphatic rings. The Morgan fingerprint density at radius 1 is 1.50 bits per heavy atom. The van der Waals surface area contributed by atoms with Gasteiger partial charge >= 0.3 is 0 Å². The van der Waals surface area contributed by atoms with Crippen molar-refractivity contribution in [2.45, 2.75) is 20.0 Å². The van der Waals surface area contributed by atoms with E-state index in [4.69, 9.17) is 5.26 Å². The van der Waals surface area contributed by atoms with E-state index in [2.05, 4.69) is 4.89 Å². The van der Waals surface area contributed by atoms with Crippen LogP contribution in [-0.4, -0.2) is 11.4 Å². The fourth-order valence-electron chi connectivity index (χ4n) is 0. The van der Waals surface area contributed by atoms with Crippen LogP contribution in [0.4, 0.5) is 0 Å². The van der Waals surface area contributed by atoms with Gasteiger partial charge in [-0.15, -0.1) is 0 Å². The summed E-state index contributed by atoms with van der Waals surface area (Å²) in [4.78, 5) is 3.75. The van der Waals surface area contributed by atoms with Crippen LogP contribution in [0.2, 0.25) is 0 Å². The van der Waals surface area contributed by atoms with Gasteiger partial charge in [0.25, 0.3) is 0 Å². The summed E-state index contributed by atoms with van der Waals surface area (Å²) < 4.78 is 0. The van der Waals surface area contributed by atoms with Crippen molar-refractivity contribution in [3.8, 4) is 0 Å². The predicted octanol–water partition coefficient (Wildman–Crippen LogP) is 0.882. The maximum Gasteiger partial charge on any atom is 0.0871 e. The molecule has 0 aromatic heterocycles. The molecule has 0 aliphatic carbocycles. The van der Waals surface area contributed by atoms with Gasteiger partial charge < -0.3 is 0 Å². The second-order valence-electron chi connectivity index (χ2n) is 1.15. The molecule has 0 aromatic rings. The number of rotatable bonds is 1. The fraction of sp³-hybridized carbons (Fsp3) is 1.00. The Bertz CT molecular complexity index is 22.8. The maximum absolute atomic E-state index is 7.64. The normalized spacial score (nSPS) is 8.00. The van der Waals surface area contributed by atoms with E-state index >= 15 is 0 Å². The molecule has 36 valence electrons. The molecule has 0 fully saturated rings. The van der Waals surface area contributed by atoms with E-state index in [0.717, 1.165) is 0 Å². The Hall–Kier alpha value is 0.803.